The zero-order chi connectivity index (χ0) is 19.0. The Morgan fingerprint density at radius 2 is 1.93 bits per heavy atom. The second kappa shape index (κ2) is 7.72. The van der Waals surface area contributed by atoms with Crippen LogP contribution in [0, 0.1) is 17.7 Å². The van der Waals surface area contributed by atoms with Gasteiger partial charge < -0.3 is 9.64 Å². The van der Waals surface area contributed by atoms with Gasteiger partial charge in [0.25, 0.3) is 0 Å². The summed E-state index contributed by atoms with van der Waals surface area (Å²) in [5.74, 6) is 0.872. The number of hydrogen-bond donors (Lipinski definition) is 0. The van der Waals surface area contributed by atoms with Crippen LogP contribution in [0.5, 0.6) is 5.75 Å². The van der Waals surface area contributed by atoms with Crippen LogP contribution in [-0.2, 0) is 0 Å². The van der Waals surface area contributed by atoms with Gasteiger partial charge in [-0.05, 0) is 74.5 Å². The normalized spacial score (nSPS) is 21.3. The smallest absolute Gasteiger partial charge is 0.195 e. The van der Waals surface area contributed by atoms with Gasteiger partial charge in [0.2, 0.25) is 0 Å². The molecule has 0 radical (unpaired) electrons. The van der Waals surface area contributed by atoms with Gasteiger partial charge in [-0.25, -0.2) is 4.39 Å². The van der Waals surface area contributed by atoms with Gasteiger partial charge in [0, 0.05) is 28.7 Å². The topological polar surface area (TPSA) is 29.5 Å². The molecule has 0 N–H and O–H groups in total. The molecule has 2 saturated carbocycles. The van der Waals surface area contributed by atoms with Crippen LogP contribution in [0.2, 0.25) is 0 Å². The van der Waals surface area contributed by atoms with Crippen molar-refractivity contribution in [3.63, 3.8) is 0 Å². The Morgan fingerprint density at radius 1 is 1.19 bits per heavy atom. The molecular formula is C22H23BrFNO2. The van der Waals surface area contributed by atoms with Gasteiger partial charge >= 0.3 is 0 Å². The van der Waals surface area contributed by atoms with Crippen molar-refractivity contribution in [1.29, 1.82) is 0 Å². The Morgan fingerprint density at radius 3 is 2.59 bits per heavy atom. The molecule has 0 aromatic heterocycles. The third-order valence-electron chi connectivity index (χ3n) is 5.52. The Labute approximate surface area is 167 Å². The van der Waals surface area contributed by atoms with Crippen LogP contribution in [0.1, 0.15) is 35.2 Å². The van der Waals surface area contributed by atoms with E-state index in [2.05, 4.69) is 27.9 Å². The first-order valence-corrected chi connectivity index (χ1v) is 10.2. The molecule has 4 rings (SSSR count). The molecule has 0 spiro atoms. The van der Waals surface area contributed by atoms with Crippen molar-refractivity contribution in [2.24, 2.45) is 11.8 Å². The monoisotopic (exact) mass is 431 g/mol. The van der Waals surface area contributed by atoms with Crippen LogP contribution in [0.25, 0.3) is 0 Å². The lowest BCUT2D eigenvalue weighted by atomic mass is 10.0. The minimum atomic E-state index is -0.541. The molecule has 2 atom stereocenters. The molecule has 0 heterocycles. The molecule has 0 bridgehead atoms. The highest BCUT2D eigenvalue weighted by Gasteiger charge is 2.40. The average molecular weight is 432 g/mol. The number of ether oxygens (including phenoxy) is 1. The molecule has 2 unspecified atom stereocenters. The van der Waals surface area contributed by atoms with E-state index >= 15 is 0 Å². The highest BCUT2D eigenvalue weighted by molar-refractivity contribution is 9.10. The molecule has 27 heavy (non-hydrogen) atoms. The predicted octanol–water partition coefficient (Wildman–Crippen LogP) is 4.93. The Hall–Kier alpha value is -1.72. The molecule has 2 aromatic rings. The first kappa shape index (κ1) is 18.6. The summed E-state index contributed by atoms with van der Waals surface area (Å²) in [6, 6.07) is 12.2. The van der Waals surface area contributed by atoms with E-state index in [1.807, 2.05) is 0 Å². The van der Waals surface area contributed by atoms with Gasteiger partial charge in [-0.1, -0.05) is 15.9 Å². The van der Waals surface area contributed by atoms with Gasteiger partial charge in [-0.15, -0.1) is 0 Å². The zero-order valence-electron chi connectivity index (χ0n) is 15.3. The van der Waals surface area contributed by atoms with E-state index in [-0.39, 0.29) is 11.3 Å². The van der Waals surface area contributed by atoms with Crippen molar-refractivity contribution in [2.75, 3.05) is 20.2 Å². The number of benzene rings is 2. The number of carbonyl (C=O) groups excluding carboxylic acids is 1. The van der Waals surface area contributed by atoms with Gasteiger partial charge in [-0.2, -0.15) is 0 Å². The largest absolute Gasteiger partial charge is 0.493 e. The zero-order valence-corrected chi connectivity index (χ0v) is 16.9. The van der Waals surface area contributed by atoms with E-state index in [0.717, 1.165) is 17.1 Å². The first-order chi connectivity index (χ1) is 13.0. The van der Waals surface area contributed by atoms with Crippen LogP contribution in [0.15, 0.2) is 46.9 Å². The summed E-state index contributed by atoms with van der Waals surface area (Å²) < 4.78 is 21.1. The molecule has 3 nitrogen and oxygen atoms in total. The van der Waals surface area contributed by atoms with E-state index in [9.17, 15) is 9.18 Å². The third kappa shape index (κ3) is 4.58. The minimum Gasteiger partial charge on any atom is -0.493 e. The fraction of sp³-hybridized carbons (Fsp3) is 0.409. The quantitative estimate of drug-likeness (QED) is 0.555. The molecule has 2 aliphatic carbocycles. The number of rotatable bonds is 8. The maximum atomic E-state index is 14.4. The summed E-state index contributed by atoms with van der Waals surface area (Å²) in [7, 11) is 2.20. The summed E-state index contributed by atoms with van der Waals surface area (Å²) in [5.41, 5.74) is 0.534. The second-order valence-electron chi connectivity index (χ2n) is 7.72. The number of hydrogen-bond acceptors (Lipinski definition) is 3. The molecule has 142 valence electrons. The van der Waals surface area contributed by atoms with Crippen molar-refractivity contribution >= 4 is 21.7 Å². The molecule has 5 heteroatoms. The number of halogens is 2. The highest BCUT2D eigenvalue weighted by Crippen LogP contribution is 2.41. The molecular weight excluding hydrogens is 409 g/mol. The van der Waals surface area contributed by atoms with E-state index in [0.29, 0.717) is 29.8 Å². The van der Waals surface area contributed by atoms with E-state index < -0.39 is 5.82 Å². The summed E-state index contributed by atoms with van der Waals surface area (Å²) in [5, 5.41) is 0. The average Bonchev–Trinajstić information content (AvgIpc) is 3.55. The van der Waals surface area contributed by atoms with Crippen LogP contribution in [-0.4, -0.2) is 36.9 Å². The van der Waals surface area contributed by atoms with Gasteiger partial charge in [-0.3, -0.25) is 4.79 Å². The van der Waals surface area contributed by atoms with Crippen LogP contribution >= 0.6 is 15.9 Å². The van der Waals surface area contributed by atoms with E-state index in [4.69, 9.17) is 4.74 Å². The maximum absolute atomic E-state index is 14.4. The number of nitrogens with zero attached hydrogens (tertiary/aromatic N) is 1. The molecule has 0 aliphatic heterocycles. The van der Waals surface area contributed by atoms with Gasteiger partial charge in [0.05, 0.1) is 12.2 Å². The summed E-state index contributed by atoms with van der Waals surface area (Å²) in [6.07, 6.45) is 3.84. The van der Waals surface area contributed by atoms with E-state index in [1.165, 1.54) is 31.4 Å². The highest BCUT2D eigenvalue weighted by atomic mass is 79.9. The Kier molecular flexibility index (Phi) is 5.33. The molecule has 2 fully saturated rings. The lowest BCUT2D eigenvalue weighted by Crippen LogP contribution is -2.24. The fourth-order valence-corrected chi connectivity index (χ4v) is 3.77. The third-order valence-corrected chi connectivity index (χ3v) is 6.05. The lowest BCUT2D eigenvalue weighted by molar-refractivity contribution is 0.103. The van der Waals surface area contributed by atoms with Crippen molar-refractivity contribution in [1.82, 2.24) is 4.90 Å². The standard InChI is InChI=1S/C22H23BrFNO2/c1-25(18-6-7-18)12-15-10-16(15)13-27-19-8-9-20(21(24)11-19)22(26)14-2-4-17(23)5-3-14/h2-5,8-9,11,15-16,18H,6-7,10,12-13H2,1H3. The van der Waals surface area contributed by atoms with Crippen molar-refractivity contribution < 1.29 is 13.9 Å². The molecule has 2 aliphatic rings. The van der Waals surface area contributed by atoms with Crippen LogP contribution in [0.4, 0.5) is 4.39 Å². The van der Waals surface area contributed by atoms with Gasteiger partial charge in [0.1, 0.15) is 11.6 Å². The summed E-state index contributed by atoms with van der Waals surface area (Å²) in [6.45, 7) is 1.75. The molecule has 2 aromatic carbocycles. The Balaban J connectivity index is 1.32. The lowest BCUT2D eigenvalue weighted by Gasteiger charge is -2.15. The summed E-state index contributed by atoms with van der Waals surface area (Å²) in [4.78, 5) is 14.9. The minimum absolute atomic E-state index is 0.0695. The van der Waals surface area contributed by atoms with Gasteiger partial charge in [0.15, 0.2) is 5.78 Å². The molecule has 0 saturated heterocycles. The maximum Gasteiger partial charge on any atom is 0.195 e. The van der Waals surface area contributed by atoms with Crippen LogP contribution < -0.4 is 4.74 Å². The predicted molar refractivity (Wildman–Crippen MR) is 107 cm³/mol. The van der Waals surface area contributed by atoms with Crippen molar-refractivity contribution in [3.05, 3.63) is 63.9 Å². The van der Waals surface area contributed by atoms with Crippen molar-refractivity contribution in [2.45, 2.75) is 25.3 Å². The van der Waals surface area contributed by atoms with Crippen LogP contribution in [0.3, 0.4) is 0 Å². The molecule has 0 amide bonds. The van der Waals surface area contributed by atoms with E-state index in [1.54, 1.807) is 30.3 Å². The first-order valence-electron chi connectivity index (χ1n) is 9.44. The van der Waals surface area contributed by atoms with Crippen molar-refractivity contribution in [3.8, 4) is 5.75 Å². The second-order valence-corrected chi connectivity index (χ2v) is 8.63. The fourth-order valence-electron chi connectivity index (χ4n) is 3.50. The SMILES string of the molecule is CN(CC1CC1COc1ccc(C(=O)c2ccc(Br)cc2)c(F)c1)C1CC1. The Bertz CT molecular complexity index is 835. The summed E-state index contributed by atoms with van der Waals surface area (Å²) >= 11 is 3.33. The number of ketones is 1. The number of carbonyl (C=O) groups is 1.